The number of rotatable bonds is 3. The lowest BCUT2D eigenvalue weighted by Crippen LogP contribution is -2.23. The zero-order valence-corrected chi connectivity index (χ0v) is 16.9. The van der Waals surface area contributed by atoms with Crippen molar-refractivity contribution in [3.8, 4) is 11.3 Å². The predicted octanol–water partition coefficient (Wildman–Crippen LogP) is 5.93. The second kappa shape index (κ2) is 8.06. The van der Waals surface area contributed by atoms with Gasteiger partial charge in [0, 0.05) is 28.8 Å². The van der Waals surface area contributed by atoms with Gasteiger partial charge in [-0.3, -0.25) is 9.48 Å². The van der Waals surface area contributed by atoms with E-state index in [1.54, 1.807) is 0 Å². The first-order valence-corrected chi connectivity index (χ1v) is 10.1. The van der Waals surface area contributed by atoms with Gasteiger partial charge < -0.3 is 0 Å². The van der Waals surface area contributed by atoms with Crippen molar-refractivity contribution in [2.75, 3.05) is 0 Å². The number of nitrogens with zero attached hydrogens (tertiary/aromatic N) is 2. The number of hydrogen-bond donors (Lipinski definition) is 0. The average Bonchev–Trinajstić information content (AvgIpc) is 2.58. The van der Waals surface area contributed by atoms with E-state index in [0.717, 1.165) is 32.4 Å². The average molecular weight is 435 g/mol. The van der Waals surface area contributed by atoms with Crippen molar-refractivity contribution >= 4 is 23.4 Å². The van der Waals surface area contributed by atoms with E-state index in [2.05, 4.69) is 12.0 Å². The topological polar surface area (TPSA) is 34.9 Å². The van der Waals surface area contributed by atoms with Gasteiger partial charge in [-0.2, -0.15) is 18.3 Å². The molecular formula is C19H19ClF4N2OS. The van der Waals surface area contributed by atoms with Gasteiger partial charge in [0.1, 0.15) is 17.2 Å². The Kier molecular flexibility index (Phi) is 6.10. The molecule has 9 heteroatoms. The molecule has 2 unspecified atom stereocenters. The standard InChI is InChI=1S/C19H19ClF4N2OS/c1-10-4-3-5-11(6-10)28-16-7-12(14(21)8-13(16)20)18-15(27)9-17(19(22,23)24)26(2)25-18/h7-11H,3-6H2,1-2H3. The second-order valence-corrected chi connectivity index (χ2v) is 8.89. The highest BCUT2D eigenvalue weighted by Gasteiger charge is 2.35. The molecule has 0 radical (unpaired) electrons. The van der Waals surface area contributed by atoms with Crippen LogP contribution in [0.4, 0.5) is 17.6 Å². The van der Waals surface area contributed by atoms with Crippen LogP contribution in [0.1, 0.15) is 38.3 Å². The number of thioether (sulfide) groups is 1. The molecule has 1 fully saturated rings. The summed E-state index contributed by atoms with van der Waals surface area (Å²) in [5.41, 5.74) is -2.70. The van der Waals surface area contributed by atoms with Crippen LogP contribution in [0.2, 0.25) is 5.02 Å². The Morgan fingerprint density at radius 1 is 1.25 bits per heavy atom. The van der Waals surface area contributed by atoms with Crippen LogP contribution in [0.25, 0.3) is 11.3 Å². The van der Waals surface area contributed by atoms with Crippen LogP contribution < -0.4 is 5.43 Å². The maximum atomic E-state index is 14.5. The molecule has 0 spiro atoms. The Labute approximate surface area is 169 Å². The highest BCUT2D eigenvalue weighted by Crippen LogP contribution is 2.40. The molecule has 0 bridgehead atoms. The van der Waals surface area contributed by atoms with Crippen LogP contribution in [0, 0.1) is 11.7 Å². The summed E-state index contributed by atoms with van der Waals surface area (Å²) in [6.45, 7) is 2.18. The maximum absolute atomic E-state index is 14.5. The maximum Gasteiger partial charge on any atom is 0.433 e. The van der Waals surface area contributed by atoms with Gasteiger partial charge in [-0.15, -0.1) is 11.8 Å². The lowest BCUT2D eigenvalue weighted by Gasteiger charge is -2.26. The highest BCUT2D eigenvalue weighted by atomic mass is 35.5. The molecule has 1 heterocycles. The molecule has 0 saturated heterocycles. The minimum atomic E-state index is -4.73. The summed E-state index contributed by atoms with van der Waals surface area (Å²) in [5, 5.41) is 4.23. The number of halogens is 5. The van der Waals surface area contributed by atoms with Crippen LogP contribution in [-0.4, -0.2) is 15.0 Å². The van der Waals surface area contributed by atoms with Gasteiger partial charge in [0.2, 0.25) is 5.43 Å². The molecule has 0 N–H and O–H groups in total. The summed E-state index contributed by atoms with van der Waals surface area (Å²) in [7, 11) is 1.07. The number of benzene rings is 1. The number of aromatic nitrogens is 2. The van der Waals surface area contributed by atoms with Gasteiger partial charge in [0.25, 0.3) is 0 Å². The zero-order chi connectivity index (χ0) is 20.6. The summed E-state index contributed by atoms with van der Waals surface area (Å²) in [6.07, 6.45) is -0.431. The fraction of sp³-hybridized carbons (Fsp3) is 0.474. The van der Waals surface area contributed by atoms with E-state index in [1.807, 2.05) is 0 Å². The van der Waals surface area contributed by atoms with Gasteiger partial charge in [0.05, 0.1) is 5.02 Å². The lowest BCUT2D eigenvalue weighted by molar-refractivity contribution is -0.144. The van der Waals surface area contributed by atoms with E-state index in [9.17, 15) is 22.4 Å². The quantitative estimate of drug-likeness (QED) is 0.561. The molecule has 0 aliphatic heterocycles. The Morgan fingerprint density at radius 3 is 2.61 bits per heavy atom. The number of hydrogen-bond acceptors (Lipinski definition) is 3. The predicted molar refractivity (Wildman–Crippen MR) is 102 cm³/mol. The van der Waals surface area contributed by atoms with Crippen molar-refractivity contribution in [1.82, 2.24) is 9.78 Å². The molecule has 2 aromatic rings. The van der Waals surface area contributed by atoms with E-state index < -0.39 is 23.1 Å². The van der Waals surface area contributed by atoms with Gasteiger partial charge in [0.15, 0.2) is 0 Å². The molecule has 2 atom stereocenters. The van der Waals surface area contributed by atoms with Crippen molar-refractivity contribution in [3.05, 3.63) is 45.0 Å². The Morgan fingerprint density at radius 2 is 1.96 bits per heavy atom. The molecule has 1 aromatic carbocycles. The fourth-order valence-electron chi connectivity index (χ4n) is 3.46. The summed E-state index contributed by atoms with van der Waals surface area (Å²) in [5.74, 6) is -0.204. The molecule has 1 aliphatic rings. The normalized spacial score (nSPS) is 20.4. The molecule has 1 aromatic heterocycles. The van der Waals surface area contributed by atoms with Crippen molar-refractivity contribution in [3.63, 3.8) is 0 Å². The molecule has 3 rings (SSSR count). The van der Waals surface area contributed by atoms with Crippen LogP contribution in [-0.2, 0) is 13.2 Å². The van der Waals surface area contributed by atoms with Gasteiger partial charge in [-0.25, -0.2) is 4.39 Å². The first kappa shape index (κ1) is 21.2. The summed E-state index contributed by atoms with van der Waals surface area (Å²) < 4.78 is 53.9. The third-order valence-corrected chi connectivity index (χ3v) is 6.63. The summed E-state index contributed by atoms with van der Waals surface area (Å²) in [6, 6.07) is 2.94. The Hall–Kier alpha value is -1.54. The first-order chi connectivity index (χ1) is 13.1. The molecule has 3 nitrogen and oxygen atoms in total. The summed E-state index contributed by atoms with van der Waals surface area (Å²) in [4.78, 5) is 12.8. The molecule has 1 saturated carbocycles. The third-order valence-electron chi connectivity index (χ3n) is 4.85. The zero-order valence-electron chi connectivity index (χ0n) is 15.3. The third kappa shape index (κ3) is 4.54. The van der Waals surface area contributed by atoms with E-state index in [0.29, 0.717) is 26.8 Å². The van der Waals surface area contributed by atoms with E-state index in [-0.39, 0.29) is 16.3 Å². The Balaban J connectivity index is 2.01. The minimum absolute atomic E-state index is 0.148. The molecule has 0 amide bonds. The van der Waals surface area contributed by atoms with Crippen molar-refractivity contribution in [1.29, 1.82) is 0 Å². The van der Waals surface area contributed by atoms with Crippen LogP contribution >= 0.6 is 23.4 Å². The van der Waals surface area contributed by atoms with E-state index >= 15 is 0 Å². The van der Waals surface area contributed by atoms with Crippen molar-refractivity contribution < 1.29 is 17.6 Å². The largest absolute Gasteiger partial charge is 0.433 e. The van der Waals surface area contributed by atoms with E-state index in [4.69, 9.17) is 11.6 Å². The molecule has 28 heavy (non-hydrogen) atoms. The van der Waals surface area contributed by atoms with E-state index in [1.165, 1.54) is 24.2 Å². The van der Waals surface area contributed by atoms with Crippen molar-refractivity contribution in [2.45, 2.75) is 48.9 Å². The SMILES string of the molecule is CC1CCCC(Sc2cc(-c3nn(C)c(C(F)(F)F)cc3=O)c(F)cc2Cl)C1. The first-order valence-electron chi connectivity index (χ1n) is 8.88. The molecule has 152 valence electrons. The minimum Gasteiger partial charge on any atom is -0.287 e. The van der Waals surface area contributed by atoms with Gasteiger partial charge in [-0.05, 0) is 30.9 Å². The number of aryl methyl sites for hydroxylation is 1. The van der Waals surface area contributed by atoms with Crippen LogP contribution in [0.3, 0.4) is 0 Å². The second-order valence-electron chi connectivity index (χ2n) is 7.14. The van der Waals surface area contributed by atoms with Gasteiger partial charge >= 0.3 is 6.18 Å². The van der Waals surface area contributed by atoms with Crippen LogP contribution in [0.15, 0.2) is 27.9 Å². The molecule has 1 aliphatic carbocycles. The fourth-order valence-corrected chi connectivity index (χ4v) is 5.17. The highest BCUT2D eigenvalue weighted by molar-refractivity contribution is 8.00. The smallest absolute Gasteiger partial charge is 0.287 e. The number of alkyl halides is 3. The van der Waals surface area contributed by atoms with Crippen molar-refractivity contribution in [2.24, 2.45) is 13.0 Å². The molecular weight excluding hydrogens is 416 g/mol. The van der Waals surface area contributed by atoms with Crippen LogP contribution in [0.5, 0.6) is 0 Å². The van der Waals surface area contributed by atoms with Gasteiger partial charge in [-0.1, -0.05) is 31.4 Å². The lowest BCUT2D eigenvalue weighted by atomic mass is 9.91. The Bertz CT molecular complexity index is 945. The summed E-state index contributed by atoms with van der Waals surface area (Å²) >= 11 is 7.70. The monoisotopic (exact) mass is 434 g/mol.